The van der Waals surface area contributed by atoms with Crippen molar-refractivity contribution in [2.75, 3.05) is 25.1 Å². The Bertz CT molecular complexity index is 1160. The van der Waals surface area contributed by atoms with Crippen LogP contribution in [0, 0.1) is 0 Å². The number of imidazole rings is 1. The zero-order chi connectivity index (χ0) is 23.5. The molecular formula is C23H25N5O6. The van der Waals surface area contributed by atoms with Crippen LogP contribution >= 0.6 is 0 Å². The Morgan fingerprint density at radius 2 is 2.06 bits per heavy atom. The molecule has 5 rings (SSSR count). The second-order valence-corrected chi connectivity index (χ2v) is 8.25. The number of carbonyl (C=O) groups is 2. The predicted octanol–water partition coefficient (Wildman–Crippen LogP) is 2.10. The van der Waals surface area contributed by atoms with E-state index in [1.807, 2.05) is 6.07 Å². The number of aromatic nitrogens is 4. The van der Waals surface area contributed by atoms with Gasteiger partial charge in [-0.3, -0.25) is 9.36 Å². The standard InChI is InChI=1S/C23H25N5O6/c1-14(29)33-18-9-17(11-32-23(30)15-5-3-2-4-6-15)34-22(18)28-13-26-19-20(24-12-25-21(19)28)27-16-7-8-31-10-16/h2-6,12-13,16-18,22H,7-11H2,1H3,(H,24,25,27)/t16-,17+,18-,22-/m1/s1. The molecule has 11 nitrogen and oxygen atoms in total. The highest BCUT2D eigenvalue weighted by Gasteiger charge is 2.40. The number of carbonyl (C=O) groups excluding carboxylic acids is 2. The quantitative estimate of drug-likeness (QED) is 0.516. The minimum absolute atomic E-state index is 0.0259. The number of anilines is 1. The summed E-state index contributed by atoms with van der Waals surface area (Å²) in [6.45, 7) is 2.68. The molecule has 0 bridgehead atoms. The molecule has 0 radical (unpaired) electrons. The summed E-state index contributed by atoms with van der Waals surface area (Å²) in [6, 6.07) is 8.89. The Balaban J connectivity index is 1.33. The molecule has 0 aliphatic carbocycles. The summed E-state index contributed by atoms with van der Waals surface area (Å²) in [6.07, 6.45) is 2.56. The van der Waals surface area contributed by atoms with Crippen LogP contribution in [-0.4, -0.2) is 69.5 Å². The zero-order valence-corrected chi connectivity index (χ0v) is 18.6. The van der Waals surface area contributed by atoms with Gasteiger partial charge in [0.25, 0.3) is 0 Å². The lowest BCUT2D eigenvalue weighted by atomic mass is 10.2. The van der Waals surface area contributed by atoms with Crippen LogP contribution in [0.25, 0.3) is 11.2 Å². The van der Waals surface area contributed by atoms with Crippen molar-refractivity contribution in [3.8, 4) is 0 Å². The second kappa shape index (κ2) is 9.74. The topological polar surface area (TPSA) is 127 Å². The van der Waals surface area contributed by atoms with Crippen LogP contribution in [0.5, 0.6) is 0 Å². The Morgan fingerprint density at radius 1 is 1.21 bits per heavy atom. The maximum Gasteiger partial charge on any atom is 0.338 e. The third-order valence-electron chi connectivity index (χ3n) is 5.78. The molecule has 2 aliphatic rings. The zero-order valence-electron chi connectivity index (χ0n) is 18.6. The van der Waals surface area contributed by atoms with Crippen LogP contribution in [-0.2, 0) is 23.7 Å². The van der Waals surface area contributed by atoms with Gasteiger partial charge in [-0.1, -0.05) is 18.2 Å². The van der Waals surface area contributed by atoms with E-state index in [2.05, 4.69) is 20.3 Å². The van der Waals surface area contributed by atoms with Gasteiger partial charge in [-0.15, -0.1) is 0 Å². The lowest BCUT2D eigenvalue weighted by Gasteiger charge is -2.20. The van der Waals surface area contributed by atoms with Crippen molar-refractivity contribution in [1.29, 1.82) is 0 Å². The normalized spacial score (nSPS) is 24.3. The second-order valence-electron chi connectivity index (χ2n) is 8.25. The summed E-state index contributed by atoms with van der Waals surface area (Å²) in [5.41, 5.74) is 1.58. The van der Waals surface area contributed by atoms with Crippen molar-refractivity contribution < 1.29 is 28.5 Å². The first-order valence-electron chi connectivity index (χ1n) is 11.1. The first-order chi connectivity index (χ1) is 16.6. The molecule has 1 N–H and O–H groups in total. The average Bonchev–Trinajstić information content (AvgIpc) is 3.58. The van der Waals surface area contributed by atoms with Gasteiger partial charge in [0.2, 0.25) is 0 Å². The van der Waals surface area contributed by atoms with Crippen molar-refractivity contribution in [2.24, 2.45) is 0 Å². The molecule has 0 unspecified atom stereocenters. The number of nitrogens with zero attached hydrogens (tertiary/aromatic N) is 4. The largest absolute Gasteiger partial charge is 0.459 e. The van der Waals surface area contributed by atoms with Gasteiger partial charge in [-0.25, -0.2) is 19.7 Å². The maximum atomic E-state index is 12.3. The number of esters is 2. The SMILES string of the molecule is CC(=O)O[C@@H]1C[C@@H](COC(=O)c2ccccc2)O[C@H]1n1cnc2c(N[C@@H]3CCOC3)ncnc21. The fourth-order valence-electron chi connectivity index (χ4n) is 4.20. The molecule has 2 fully saturated rings. The molecule has 0 saturated carbocycles. The molecule has 4 heterocycles. The Hall–Kier alpha value is -3.57. The minimum atomic E-state index is -0.674. The van der Waals surface area contributed by atoms with Crippen molar-refractivity contribution in [3.05, 3.63) is 48.5 Å². The van der Waals surface area contributed by atoms with Crippen LogP contribution in [0.15, 0.2) is 43.0 Å². The number of ether oxygens (including phenoxy) is 4. The van der Waals surface area contributed by atoms with E-state index in [9.17, 15) is 9.59 Å². The van der Waals surface area contributed by atoms with E-state index in [1.54, 1.807) is 35.2 Å². The molecule has 1 aromatic carbocycles. The van der Waals surface area contributed by atoms with E-state index in [0.29, 0.717) is 42.2 Å². The first kappa shape index (κ1) is 22.2. The van der Waals surface area contributed by atoms with Crippen molar-refractivity contribution in [2.45, 2.75) is 44.2 Å². The van der Waals surface area contributed by atoms with E-state index in [-0.39, 0.29) is 12.6 Å². The van der Waals surface area contributed by atoms with Gasteiger partial charge in [0.1, 0.15) is 19.0 Å². The molecular weight excluding hydrogens is 442 g/mol. The lowest BCUT2D eigenvalue weighted by Crippen LogP contribution is -2.24. The molecule has 0 amide bonds. The summed E-state index contributed by atoms with van der Waals surface area (Å²) in [4.78, 5) is 37.3. The monoisotopic (exact) mass is 467 g/mol. The number of benzene rings is 1. The van der Waals surface area contributed by atoms with Crippen LogP contribution in [0.1, 0.15) is 36.4 Å². The van der Waals surface area contributed by atoms with Crippen LogP contribution in [0.2, 0.25) is 0 Å². The Morgan fingerprint density at radius 3 is 2.82 bits per heavy atom. The van der Waals surface area contributed by atoms with Gasteiger partial charge in [0.05, 0.1) is 30.6 Å². The summed E-state index contributed by atoms with van der Waals surface area (Å²) >= 11 is 0. The summed E-state index contributed by atoms with van der Waals surface area (Å²) in [7, 11) is 0. The van der Waals surface area contributed by atoms with Gasteiger partial charge >= 0.3 is 11.9 Å². The van der Waals surface area contributed by atoms with Crippen LogP contribution < -0.4 is 5.32 Å². The third kappa shape index (κ3) is 4.70. The first-order valence-corrected chi connectivity index (χ1v) is 11.1. The molecule has 3 aromatic rings. The third-order valence-corrected chi connectivity index (χ3v) is 5.78. The molecule has 34 heavy (non-hydrogen) atoms. The Kier molecular flexibility index (Phi) is 6.37. The van der Waals surface area contributed by atoms with Crippen molar-refractivity contribution in [1.82, 2.24) is 19.5 Å². The molecule has 2 aromatic heterocycles. The van der Waals surface area contributed by atoms with Gasteiger partial charge in [-0.05, 0) is 18.6 Å². The molecule has 2 saturated heterocycles. The number of hydrogen-bond donors (Lipinski definition) is 1. The highest BCUT2D eigenvalue weighted by atomic mass is 16.6. The summed E-state index contributed by atoms with van der Waals surface area (Å²) in [5.74, 6) is -0.262. The molecule has 4 atom stereocenters. The number of hydrogen-bond acceptors (Lipinski definition) is 10. The number of fused-ring (bicyclic) bond motifs is 1. The van der Waals surface area contributed by atoms with Gasteiger partial charge in [-0.2, -0.15) is 0 Å². The summed E-state index contributed by atoms with van der Waals surface area (Å²) in [5, 5.41) is 3.35. The predicted molar refractivity (Wildman–Crippen MR) is 119 cm³/mol. The van der Waals surface area contributed by atoms with E-state index in [4.69, 9.17) is 18.9 Å². The van der Waals surface area contributed by atoms with Crippen molar-refractivity contribution >= 4 is 28.9 Å². The molecule has 0 spiro atoms. The summed E-state index contributed by atoms with van der Waals surface area (Å²) < 4.78 is 24.3. The van der Waals surface area contributed by atoms with Crippen LogP contribution in [0.4, 0.5) is 5.82 Å². The van der Waals surface area contributed by atoms with E-state index >= 15 is 0 Å². The van der Waals surface area contributed by atoms with E-state index < -0.39 is 30.4 Å². The fraction of sp³-hybridized carbons (Fsp3) is 0.435. The smallest absolute Gasteiger partial charge is 0.338 e. The van der Waals surface area contributed by atoms with E-state index in [1.165, 1.54) is 13.3 Å². The van der Waals surface area contributed by atoms with Gasteiger partial charge < -0.3 is 24.3 Å². The van der Waals surface area contributed by atoms with E-state index in [0.717, 1.165) is 6.42 Å². The average molecular weight is 467 g/mol. The van der Waals surface area contributed by atoms with Crippen LogP contribution in [0.3, 0.4) is 0 Å². The highest BCUT2D eigenvalue weighted by Crippen LogP contribution is 2.34. The minimum Gasteiger partial charge on any atom is -0.459 e. The Labute approximate surface area is 195 Å². The van der Waals surface area contributed by atoms with Crippen molar-refractivity contribution in [3.63, 3.8) is 0 Å². The number of rotatable bonds is 7. The number of nitrogens with one attached hydrogen (secondary N) is 1. The molecule has 2 aliphatic heterocycles. The highest BCUT2D eigenvalue weighted by molar-refractivity contribution is 5.89. The fourth-order valence-corrected chi connectivity index (χ4v) is 4.20. The molecule has 11 heteroatoms. The van der Waals surface area contributed by atoms with Gasteiger partial charge in [0.15, 0.2) is 23.2 Å². The lowest BCUT2D eigenvalue weighted by molar-refractivity contribution is -0.152. The molecule has 178 valence electrons. The van der Waals surface area contributed by atoms with Gasteiger partial charge in [0, 0.05) is 20.0 Å². The maximum absolute atomic E-state index is 12.3.